The molecule has 1 saturated heterocycles. The molecule has 0 aromatic carbocycles. The molecule has 1 atom stereocenters. The van der Waals surface area contributed by atoms with Crippen molar-refractivity contribution in [2.24, 2.45) is 11.3 Å². The van der Waals surface area contributed by atoms with Gasteiger partial charge in [-0.1, -0.05) is 27.2 Å². The first-order valence-electron chi connectivity index (χ1n) is 7.96. The van der Waals surface area contributed by atoms with Crippen LogP contribution in [0.1, 0.15) is 52.9 Å². The molecule has 108 valence electrons. The number of nitrogens with zero attached hydrogens (tertiary/aromatic N) is 2. The van der Waals surface area contributed by atoms with Crippen LogP contribution in [-0.4, -0.2) is 36.6 Å². The van der Waals surface area contributed by atoms with Crippen LogP contribution in [0.3, 0.4) is 0 Å². The maximum Gasteiger partial charge on any atom is 0.122 e. The zero-order chi connectivity index (χ0) is 13.9. The summed E-state index contributed by atoms with van der Waals surface area (Å²) in [6.45, 7) is 11.0. The molecule has 1 heterocycles. The van der Waals surface area contributed by atoms with Gasteiger partial charge < -0.3 is 4.90 Å². The van der Waals surface area contributed by atoms with E-state index in [4.69, 9.17) is 0 Å². The molecule has 2 aliphatic rings. The number of hydrogen-bond acceptors (Lipinski definition) is 3. The van der Waals surface area contributed by atoms with Crippen molar-refractivity contribution in [3.63, 3.8) is 0 Å². The number of hydrogen-bond donors (Lipinski definition) is 1. The van der Waals surface area contributed by atoms with Crippen LogP contribution >= 0.6 is 0 Å². The lowest BCUT2D eigenvalue weighted by Crippen LogP contribution is -2.56. The second-order valence-electron chi connectivity index (χ2n) is 6.83. The molecule has 0 aromatic rings. The second kappa shape index (κ2) is 5.81. The Kier molecular flexibility index (Phi) is 4.53. The van der Waals surface area contributed by atoms with Crippen LogP contribution in [0.25, 0.3) is 0 Å². The van der Waals surface area contributed by atoms with Crippen LogP contribution in [-0.2, 0) is 0 Å². The van der Waals surface area contributed by atoms with Crippen LogP contribution < -0.4 is 5.32 Å². The molecule has 1 aliphatic heterocycles. The Morgan fingerprint density at radius 1 is 1.32 bits per heavy atom. The Labute approximate surface area is 118 Å². The molecule has 0 radical (unpaired) electrons. The quantitative estimate of drug-likeness (QED) is 0.801. The van der Waals surface area contributed by atoms with Crippen LogP contribution in [0.2, 0.25) is 0 Å². The largest absolute Gasteiger partial charge is 0.300 e. The van der Waals surface area contributed by atoms with Gasteiger partial charge in [0.25, 0.3) is 0 Å². The zero-order valence-corrected chi connectivity index (χ0v) is 12.8. The highest BCUT2D eigenvalue weighted by Crippen LogP contribution is 2.41. The Hall–Kier alpha value is -0.590. The number of likely N-dealkylation sites (N-methyl/N-ethyl adjacent to an activating group) is 1. The van der Waals surface area contributed by atoms with Gasteiger partial charge in [-0.05, 0) is 56.7 Å². The molecule has 1 aliphatic carbocycles. The van der Waals surface area contributed by atoms with Gasteiger partial charge in [-0.15, -0.1) is 0 Å². The molecule has 1 N–H and O–H groups in total. The van der Waals surface area contributed by atoms with E-state index in [-0.39, 0.29) is 5.54 Å². The summed E-state index contributed by atoms with van der Waals surface area (Å²) < 4.78 is 0. The summed E-state index contributed by atoms with van der Waals surface area (Å²) in [4.78, 5) is 2.52. The molecule has 0 amide bonds. The Bertz CT molecular complexity index is 334. The third-order valence-corrected chi connectivity index (χ3v) is 5.36. The highest BCUT2D eigenvalue weighted by atomic mass is 15.2. The minimum absolute atomic E-state index is 0.283. The van der Waals surface area contributed by atoms with E-state index >= 15 is 0 Å². The zero-order valence-electron chi connectivity index (χ0n) is 12.8. The monoisotopic (exact) mass is 263 g/mol. The molecule has 0 bridgehead atoms. The first-order chi connectivity index (χ1) is 9.07. The third kappa shape index (κ3) is 3.30. The molecule has 0 spiro atoms. The lowest BCUT2D eigenvalue weighted by atomic mass is 9.78. The molecule has 3 heteroatoms. The second-order valence-corrected chi connectivity index (χ2v) is 6.83. The predicted molar refractivity (Wildman–Crippen MR) is 78.8 cm³/mol. The fraction of sp³-hybridized carbons (Fsp3) is 0.938. The predicted octanol–water partition coefficient (Wildman–Crippen LogP) is 2.78. The highest BCUT2D eigenvalue weighted by molar-refractivity contribution is 5.16. The molecule has 0 aromatic heterocycles. The van der Waals surface area contributed by atoms with Gasteiger partial charge in [0.1, 0.15) is 5.54 Å². The van der Waals surface area contributed by atoms with Crippen molar-refractivity contribution >= 4 is 0 Å². The number of piperidine rings is 1. The van der Waals surface area contributed by atoms with Crippen molar-refractivity contribution in [2.45, 2.75) is 58.4 Å². The number of likely N-dealkylation sites (tertiary alicyclic amines) is 1. The van der Waals surface area contributed by atoms with Crippen LogP contribution in [0.15, 0.2) is 0 Å². The first-order valence-corrected chi connectivity index (χ1v) is 7.96. The van der Waals surface area contributed by atoms with Crippen molar-refractivity contribution in [1.82, 2.24) is 10.2 Å². The van der Waals surface area contributed by atoms with E-state index in [1.807, 2.05) is 0 Å². The standard InChI is InChI=1S/C16H29N3/c1-4-15(3)8-10-19(11-9-15)13-16(12-17,18-5-2)14-6-7-14/h14,18H,4-11,13H2,1-3H3. The number of rotatable bonds is 6. The summed E-state index contributed by atoms with van der Waals surface area (Å²) in [5.74, 6) is 0.580. The Morgan fingerprint density at radius 3 is 2.37 bits per heavy atom. The van der Waals surface area contributed by atoms with Gasteiger partial charge in [-0.2, -0.15) is 5.26 Å². The smallest absolute Gasteiger partial charge is 0.122 e. The summed E-state index contributed by atoms with van der Waals surface area (Å²) in [5.41, 5.74) is 0.248. The Morgan fingerprint density at radius 2 is 1.95 bits per heavy atom. The molecule has 2 fully saturated rings. The summed E-state index contributed by atoms with van der Waals surface area (Å²) in [6.07, 6.45) is 6.28. The van der Waals surface area contributed by atoms with Crippen molar-refractivity contribution in [3.05, 3.63) is 0 Å². The third-order valence-electron chi connectivity index (χ3n) is 5.36. The molecule has 1 unspecified atom stereocenters. The lowest BCUT2D eigenvalue weighted by molar-refractivity contribution is 0.0926. The topological polar surface area (TPSA) is 39.1 Å². The van der Waals surface area contributed by atoms with Crippen LogP contribution in [0, 0.1) is 22.7 Å². The fourth-order valence-electron chi connectivity index (χ4n) is 3.34. The lowest BCUT2D eigenvalue weighted by Gasteiger charge is -2.42. The van der Waals surface area contributed by atoms with Gasteiger partial charge in [-0.3, -0.25) is 5.32 Å². The average molecular weight is 263 g/mol. The van der Waals surface area contributed by atoms with Crippen LogP contribution in [0.4, 0.5) is 0 Å². The number of nitriles is 1. The average Bonchev–Trinajstić information content (AvgIpc) is 3.26. The fourth-order valence-corrected chi connectivity index (χ4v) is 3.34. The van der Waals surface area contributed by atoms with Crippen LogP contribution in [0.5, 0.6) is 0 Å². The highest BCUT2D eigenvalue weighted by Gasteiger charge is 2.46. The molecule has 3 nitrogen and oxygen atoms in total. The maximum absolute atomic E-state index is 9.66. The molecular weight excluding hydrogens is 234 g/mol. The van der Waals surface area contributed by atoms with E-state index in [1.165, 1.54) is 32.1 Å². The Balaban J connectivity index is 1.94. The summed E-state index contributed by atoms with van der Waals surface area (Å²) in [7, 11) is 0. The van der Waals surface area contributed by atoms with Gasteiger partial charge in [0.2, 0.25) is 0 Å². The molecule has 1 saturated carbocycles. The van der Waals surface area contributed by atoms with Gasteiger partial charge in [0.05, 0.1) is 6.07 Å². The van der Waals surface area contributed by atoms with Crippen molar-refractivity contribution in [3.8, 4) is 6.07 Å². The van der Waals surface area contributed by atoms with E-state index in [1.54, 1.807) is 0 Å². The first kappa shape index (κ1) is 14.8. The molecule has 19 heavy (non-hydrogen) atoms. The van der Waals surface area contributed by atoms with Gasteiger partial charge >= 0.3 is 0 Å². The normalized spacial score (nSPS) is 26.6. The summed E-state index contributed by atoms with van der Waals surface area (Å²) >= 11 is 0. The van der Waals surface area contributed by atoms with Crippen molar-refractivity contribution in [1.29, 1.82) is 5.26 Å². The molecular formula is C16H29N3. The van der Waals surface area contributed by atoms with E-state index in [0.717, 1.165) is 26.2 Å². The van der Waals surface area contributed by atoms with Crippen molar-refractivity contribution in [2.75, 3.05) is 26.2 Å². The maximum atomic E-state index is 9.66. The van der Waals surface area contributed by atoms with E-state index in [9.17, 15) is 5.26 Å². The van der Waals surface area contributed by atoms with Gasteiger partial charge in [0.15, 0.2) is 0 Å². The number of nitrogens with one attached hydrogen (secondary N) is 1. The minimum atomic E-state index is -0.283. The van der Waals surface area contributed by atoms with E-state index in [0.29, 0.717) is 11.3 Å². The van der Waals surface area contributed by atoms with E-state index < -0.39 is 0 Å². The SMILES string of the molecule is CCNC(C#N)(CN1CCC(C)(CC)CC1)C1CC1. The van der Waals surface area contributed by atoms with E-state index in [2.05, 4.69) is 37.1 Å². The summed E-state index contributed by atoms with van der Waals surface area (Å²) in [6, 6.07) is 2.61. The van der Waals surface area contributed by atoms with Gasteiger partial charge in [0, 0.05) is 6.54 Å². The van der Waals surface area contributed by atoms with Crippen molar-refractivity contribution < 1.29 is 0 Å². The molecule has 2 rings (SSSR count). The van der Waals surface area contributed by atoms with Gasteiger partial charge in [-0.25, -0.2) is 0 Å². The summed E-state index contributed by atoms with van der Waals surface area (Å²) in [5, 5.41) is 13.1. The minimum Gasteiger partial charge on any atom is -0.300 e.